The van der Waals surface area contributed by atoms with Gasteiger partial charge in [-0.05, 0) is 63.9 Å². The summed E-state index contributed by atoms with van der Waals surface area (Å²) in [5.74, 6) is -0.741. The summed E-state index contributed by atoms with van der Waals surface area (Å²) in [7, 11) is -6.61. The highest BCUT2D eigenvalue weighted by molar-refractivity contribution is 7.88. The van der Waals surface area contributed by atoms with Crippen LogP contribution in [0, 0.1) is 12.7 Å². The molecule has 1 saturated heterocycles. The molecule has 4 heterocycles. The first kappa shape index (κ1) is 34.7. The van der Waals surface area contributed by atoms with Crippen LogP contribution in [0.1, 0.15) is 5.56 Å². The Morgan fingerprint density at radius 1 is 0.774 bits per heavy atom. The number of rotatable bonds is 7. The van der Waals surface area contributed by atoms with Gasteiger partial charge < -0.3 is 4.90 Å². The number of carbonyl (C=O) groups excluding carboxylic acids is 1. The molecule has 0 saturated carbocycles. The largest absolute Gasteiger partial charge is 0.468 e. The van der Waals surface area contributed by atoms with Crippen molar-refractivity contribution in [1.29, 1.82) is 0 Å². The first-order valence-corrected chi connectivity index (χ1v) is 20.0. The molecule has 2 aliphatic rings. The van der Waals surface area contributed by atoms with E-state index in [9.17, 15) is 21.6 Å². The molecule has 270 valence electrons. The van der Waals surface area contributed by atoms with Crippen molar-refractivity contribution in [1.82, 2.24) is 18.9 Å². The third kappa shape index (κ3) is 5.90. The number of halogens is 1. The topological polar surface area (TPSA) is 130 Å². The van der Waals surface area contributed by atoms with Gasteiger partial charge in [-0.25, -0.2) is 17.6 Å². The Morgan fingerprint density at radius 3 is 2.21 bits per heavy atom. The number of anilines is 2. The van der Waals surface area contributed by atoms with Crippen molar-refractivity contribution in [3.05, 3.63) is 115 Å². The molecule has 15 heteroatoms. The Balaban J connectivity index is 1.32. The molecule has 2 aromatic heterocycles. The van der Waals surface area contributed by atoms with E-state index in [1.165, 1.54) is 46.7 Å². The number of pyridine rings is 2. The monoisotopic (exact) mass is 753 g/mol. The number of aryl methyl sites for hydroxylation is 1. The molecule has 1 atom stereocenters. The standard InChI is InChI=1S/C38H34FN6O6S2/c1-25-8-12-30(13-9-25)53(49,50)51-45(29-11-15-35(32(39)22-29)43-16-18-44(19-17-43)52(3,47)48)37-31-21-26(28-20-27-6-4-5-7-33(27)40-23-28)10-14-34(31)41-24-36(37)42(2)38(45)46/h4-15,20-24H,16-19H2,1-3H3/q+1. The van der Waals surface area contributed by atoms with Gasteiger partial charge in [0.05, 0.1) is 39.5 Å². The Labute approximate surface area is 306 Å². The van der Waals surface area contributed by atoms with Gasteiger partial charge in [0.2, 0.25) is 15.7 Å². The number of quaternary nitrogens is 1. The Kier molecular flexibility index (Phi) is 8.31. The van der Waals surface area contributed by atoms with Gasteiger partial charge in [-0.15, -0.1) is 0 Å². The molecule has 0 spiro atoms. The number of piperazine rings is 1. The zero-order chi connectivity index (χ0) is 37.3. The van der Waals surface area contributed by atoms with Crippen LogP contribution in [0.3, 0.4) is 0 Å². The molecule has 2 aliphatic heterocycles. The second-order valence-corrected chi connectivity index (χ2v) is 16.7. The lowest BCUT2D eigenvalue weighted by Crippen LogP contribution is -2.52. The van der Waals surface area contributed by atoms with Crippen molar-refractivity contribution in [2.45, 2.75) is 11.8 Å². The molecule has 4 aromatic carbocycles. The molecule has 0 aliphatic carbocycles. The second-order valence-electron chi connectivity index (χ2n) is 13.2. The summed E-state index contributed by atoms with van der Waals surface area (Å²) in [6.45, 7) is 2.61. The van der Waals surface area contributed by atoms with Gasteiger partial charge in [0.1, 0.15) is 5.69 Å². The van der Waals surface area contributed by atoms with Crippen LogP contribution in [-0.2, 0) is 24.4 Å². The normalized spacial score (nSPS) is 18.2. The number of benzene rings is 4. The van der Waals surface area contributed by atoms with Crippen molar-refractivity contribution < 1.29 is 30.3 Å². The minimum Gasteiger partial charge on any atom is -0.367 e. The molecule has 1 fully saturated rings. The fraction of sp³-hybridized carbons (Fsp3) is 0.184. The number of hydroxylamine groups is 1. The second kappa shape index (κ2) is 12.7. The molecule has 2 amide bonds. The third-order valence-corrected chi connectivity index (χ3v) is 12.4. The quantitative estimate of drug-likeness (QED) is 0.168. The number of fused-ring (bicyclic) bond motifs is 4. The molecule has 0 radical (unpaired) electrons. The minimum absolute atomic E-state index is 0.0995. The van der Waals surface area contributed by atoms with E-state index in [1.807, 2.05) is 43.3 Å². The fourth-order valence-electron chi connectivity index (χ4n) is 7.02. The Hall–Kier alpha value is -5.32. The zero-order valence-electron chi connectivity index (χ0n) is 29.0. The lowest BCUT2D eigenvalue weighted by Gasteiger charge is -2.35. The number of aromatic nitrogens is 2. The molecular formula is C38H34FN6O6S2+. The van der Waals surface area contributed by atoms with E-state index in [-0.39, 0.29) is 53.8 Å². The molecule has 1 unspecified atom stereocenters. The van der Waals surface area contributed by atoms with Crippen molar-refractivity contribution in [2.75, 3.05) is 49.3 Å². The summed E-state index contributed by atoms with van der Waals surface area (Å²) in [6.07, 6.45) is 4.34. The van der Waals surface area contributed by atoms with E-state index in [0.29, 0.717) is 10.9 Å². The summed E-state index contributed by atoms with van der Waals surface area (Å²) in [4.78, 5) is 26.7. The van der Waals surface area contributed by atoms with E-state index in [2.05, 4.69) is 9.97 Å². The third-order valence-electron chi connectivity index (χ3n) is 9.84. The van der Waals surface area contributed by atoms with Crippen molar-refractivity contribution >= 4 is 70.7 Å². The van der Waals surface area contributed by atoms with Gasteiger partial charge in [0.25, 0.3) is 0 Å². The number of nitrogens with zero attached hydrogens (tertiary/aromatic N) is 6. The predicted octanol–water partition coefficient (Wildman–Crippen LogP) is 6.51. The lowest BCUT2D eigenvalue weighted by molar-refractivity contribution is 0.0637. The van der Waals surface area contributed by atoms with Crippen LogP contribution in [0.15, 0.2) is 108 Å². The van der Waals surface area contributed by atoms with Gasteiger partial charge >= 0.3 is 16.1 Å². The summed E-state index contributed by atoms with van der Waals surface area (Å²) in [5, 5.41) is 1.33. The van der Waals surface area contributed by atoms with Crippen LogP contribution >= 0.6 is 0 Å². The van der Waals surface area contributed by atoms with Gasteiger partial charge in [-0.3, -0.25) is 14.9 Å². The highest BCUT2D eigenvalue weighted by Gasteiger charge is 2.60. The number of para-hydroxylation sites is 1. The van der Waals surface area contributed by atoms with Crippen LogP contribution < -0.4 is 14.4 Å². The van der Waals surface area contributed by atoms with E-state index in [0.717, 1.165) is 39.9 Å². The van der Waals surface area contributed by atoms with Gasteiger partial charge in [0, 0.05) is 62.5 Å². The maximum absolute atomic E-state index is 16.4. The lowest BCUT2D eigenvalue weighted by atomic mass is 10.0. The van der Waals surface area contributed by atoms with Crippen molar-refractivity contribution in [3.8, 4) is 11.1 Å². The highest BCUT2D eigenvalue weighted by Crippen LogP contribution is 2.53. The average Bonchev–Trinajstić information content (AvgIpc) is 3.36. The summed E-state index contributed by atoms with van der Waals surface area (Å²) in [5.41, 5.74) is 4.08. The minimum atomic E-state index is -4.69. The maximum atomic E-state index is 16.4. The summed E-state index contributed by atoms with van der Waals surface area (Å²) < 4.78 is 75.1. The van der Waals surface area contributed by atoms with Gasteiger partial charge in [0.15, 0.2) is 11.5 Å². The van der Waals surface area contributed by atoms with Gasteiger partial charge in [-0.1, -0.05) is 42.0 Å². The number of carbonyl (C=O) groups is 1. The molecule has 8 rings (SSSR count). The molecule has 53 heavy (non-hydrogen) atoms. The zero-order valence-corrected chi connectivity index (χ0v) is 30.6. The van der Waals surface area contributed by atoms with E-state index in [1.54, 1.807) is 35.4 Å². The summed E-state index contributed by atoms with van der Waals surface area (Å²) >= 11 is 0. The van der Waals surface area contributed by atoms with Gasteiger partial charge in [-0.2, -0.15) is 12.7 Å². The number of hydrogen-bond acceptors (Lipinski definition) is 9. The number of urea groups is 1. The van der Waals surface area contributed by atoms with E-state index >= 15 is 4.39 Å². The number of hydrogen-bond donors (Lipinski definition) is 0. The van der Waals surface area contributed by atoms with Crippen molar-refractivity contribution in [3.63, 3.8) is 0 Å². The van der Waals surface area contributed by atoms with Crippen LogP contribution in [0.2, 0.25) is 0 Å². The maximum Gasteiger partial charge on any atom is 0.468 e. The first-order chi connectivity index (χ1) is 25.3. The summed E-state index contributed by atoms with van der Waals surface area (Å²) in [6, 6.07) is 24.4. The SMILES string of the molecule is Cc1ccc(S(=O)(=O)O[N+]2(c3ccc(N4CCN(S(C)(=O)=O)CC4)c(F)c3)C(=O)N(C)c3cnc4ccc(-c5cnc6ccccc6c5)cc4c32)cc1. The van der Waals surface area contributed by atoms with Crippen LogP contribution in [-0.4, -0.2) is 76.6 Å². The van der Waals surface area contributed by atoms with Crippen LogP contribution in [0.5, 0.6) is 0 Å². The van der Waals surface area contributed by atoms with Crippen LogP contribution in [0.25, 0.3) is 32.9 Å². The first-order valence-electron chi connectivity index (χ1n) is 16.8. The Bertz CT molecular complexity index is 2690. The smallest absolute Gasteiger partial charge is 0.367 e. The molecule has 0 bridgehead atoms. The highest BCUT2D eigenvalue weighted by atomic mass is 32.2. The van der Waals surface area contributed by atoms with Crippen molar-refractivity contribution in [2.24, 2.45) is 0 Å². The number of sulfonamides is 1. The van der Waals surface area contributed by atoms with E-state index < -0.39 is 36.6 Å². The molecule has 6 aromatic rings. The molecule has 12 nitrogen and oxygen atoms in total. The average molecular weight is 754 g/mol. The molecular weight excluding hydrogens is 720 g/mol. The fourth-order valence-corrected chi connectivity index (χ4v) is 8.92. The molecule has 0 N–H and O–H groups in total. The number of amides is 2. The predicted molar refractivity (Wildman–Crippen MR) is 202 cm³/mol. The van der Waals surface area contributed by atoms with Crippen LogP contribution in [0.4, 0.5) is 31.9 Å². The Morgan fingerprint density at radius 2 is 1.49 bits per heavy atom. The van der Waals surface area contributed by atoms with E-state index in [4.69, 9.17) is 4.28 Å².